The number of amides is 1. The first-order chi connectivity index (χ1) is 11.2. The number of thiophene rings is 1. The molecule has 1 fully saturated rings. The van der Waals surface area contributed by atoms with Crippen molar-refractivity contribution in [2.24, 2.45) is 0 Å². The van der Waals surface area contributed by atoms with E-state index in [2.05, 4.69) is 15.0 Å². The molecule has 122 valence electrons. The molecule has 3 rings (SSSR count). The van der Waals surface area contributed by atoms with Gasteiger partial charge in [0.15, 0.2) is 5.82 Å². The highest BCUT2D eigenvalue weighted by molar-refractivity contribution is 7.08. The zero-order valence-corrected chi connectivity index (χ0v) is 14.0. The number of carbonyl (C=O) groups excluding carboxylic acids is 1. The Morgan fingerprint density at radius 2 is 2.22 bits per heavy atom. The van der Waals surface area contributed by atoms with Crippen molar-refractivity contribution in [2.75, 3.05) is 26.2 Å². The molecule has 3 heterocycles. The molecule has 2 aromatic heterocycles. The van der Waals surface area contributed by atoms with Crippen molar-refractivity contribution in [2.45, 2.75) is 19.9 Å². The lowest BCUT2D eigenvalue weighted by Crippen LogP contribution is -2.47. The van der Waals surface area contributed by atoms with Crippen LogP contribution in [0, 0.1) is 0 Å². The molecule has 1 aliphatic rings. The van der Waals surface area contributed by atoms with Gasteiger partial charge in [-0.1, -0.05) is 12.1 Å². The molecule has 6 nitrogen and oxygen atoms in total. The number of aryl methyl sites for hydroxylation is 1. The molecule has 0 unspecified atom stereocenters. The molecule has 0 aromatic carbocycles. The molecule has 1 saturated heterocycles. The zero-order valence-electron chi connectivity index (χ0n) is 13.1. The molecule has 1 aliphatic heterocycles. The summed E-state index contributed by atoms with van der Waals surface area (Å²) in [6, 6.07) is 2.00. The molecule has 0 bridgehead atoms. The van der Waals surface area contributed by atoms with Gasteiger partial charge in [0.1, 0.15) is 0 Å². The van der Waals surface area contributed by atoms with E-state index in [-0.39, 0.29) is 5.91 Å². The van der Waals surface area contributed by atoms with Crippen LogP contribution in [0.1, 0.15) is 24.2 Å². The lowest BCUT2D eigenvalue weighted by Gasteiger charge is -2.33. The van der Waals surface area contributed by atoms with E-state index in [1.165, 1.54) is 0 Å². The minimum atomic E-state index is 0.0729. The van der Waals surface area contributed by atoms with Crippen molar-refractivity contribution in [3.8, 4) is 0 Å². The van der Waals surface area contributed by atoms with Crippen LogP contribution >= 0.6 is 11.3 Å². The smallest absolute Gasteiger partial charge is 0.246 e. The van der Waals surface area contributed by atoms with Crippen LogP contribution in [-0.4, -0.2) is 52.0 Å². The lowest BCUT2D eigenvalue weighted by atomic mass is 10.2. The van der Waals surface area contributed by atoms with Gasteiger partial charge in [0.25, 0.3) is 0 Å². The van der Waals surface area contributed by atoms with Crippen molar-refractivity contribution in [1.82, 2.24) is 19.9 Å². The van der Waals surface area contributed by atoms with E-state index in [0.717, 1.165) is 44.0 Å². The summed E-state index contributed by atoms with van der Waals surface area (Å²) in [7, 11) is 0. The third-order valence-corrected chi connectivity index (χ3v) is 4.52. The maximum Gasteiger partial charge on any atom is 0.246 e. The number of hydrogen-bond acceptors (Lipinski definition) is 6. The van der Waals surface area contributed by atoms with Gasteiger partial charge in [-0.2, -0.15) is 16.3 Å². The third-order valence-electron chi connectivity index (χ3n) is 3.82. The molecule has 0 spiro atoms. The van der Waals surface area contributed by atoms with E-state index in [1.54, 1.807) is 17.4 Å². The fourth-order valence-corrected chi connectivity index (χ4v) is 3.10. The van der Waals surface area contributed by atoms with Crippen molar-refractivity contribution < 1.29 is 9.32 Å². The van der Waals surface area contributed by atoms with E-state index in [4.69, 9.17) is 4.52 Å². The lowest BCUT2D eigenvalue weighted by molar-refractivity contribution is -0.127. The van der Waals surface area contributed by atoms with Gasteiger partial charge in [-0.25, -0.2) is 0 Å². The molecule has 0 radical (unpaired) electrons. The van der Waals surface area contributed by atoms with Gasteiger partial charge < -0.3 is 9.42 Å². The molecule has 2 aromatic rings. The van der Waals surface area contributed by atoms with E-state index in [9.17, 15) is 4.79 Å². The number of nitrogens with zero attached hydrogens (tertiary/aromatic N) is 4. The highest BCUT2D eigenvalue weighted by Gasteiger charge is 2.21. The summed E-state index contributed by atoms with van der Waals surface area (Å²) in [5.41, 5.74) is 1.07. The van der Waals surface area contributed by atoms with Crippen LogP contribution in [0.3, 0.4) is 0 Å². The van der Waals surface area contributed by atoms with Crippen LogP contribution in [0.2, 0.25) is 0 Å². The topological polar surface area (TPSA) is 62.5 Å². The Hall–Kier alpha value is -1.99. The maximum absolute atomic E-state index is 12.2. The Morgan fingerprint density at radius 3 is 2.87 bits per heavy atom. The van der Waals surface area contributed by atoms with Gasteiger partial charge in [-0.05, 0) is 28.5 Å². The normalized spacial score (nSPS) is 16.3. The number of hydrogen-bond donors (Lipinski definition) is 0. The largest absolute Gasteiger partial charge is 0.339 e. The third kappa shape index (κ3) is 4.27. The van der Waals surface area contributed by atoms with Crippen molar-refractivity contribution >= 4 is 23.3 Å². The van der Waals surface area contributed by atoms with E-state index in [1.807, 2.05) is 34.7 Å². The number of aromatic nitrogens is 2. The Balaban J connectivity index is 1.47. The summed E-state index contributed by atoms with van der Waals surface area (Å²) in [6.07, 6.45) is 4.28. The summed E-state index contributed by atoms with van der Waals surface area (Å²) in [5, 5.41) is 8.00. The van der Waals surface area contributed by atoms with E-state index in [0.29, 0.717) is 12.4 Å². The molecule has 0 atom stereocenters. The Morgan fingerprint density at radius 1 is 1.39 bits per heavy atom. The van der Waals surface area contributed by atoms with Crippen LogP contribution in [0.25, 0.3) is 6.08 Å². The number of rotatable bonds is 5. The summed E-state index contributed by atoms with van der Waals surface area (Å²) in [5.74, 6) is 1.47. The SMILES string of the molecule is CCc1nc(CN2CCN(C(=O)/C=C\c3ccsc3)CC2)no1. The van der Waals surface area contributed by atoms with Crippen LogP contribution < -0.4 is 0 Å². The summed E-state index contributed by atoms with van der Waals surface area (Å²) < 4.78 is 5.12. The Bertz CT molecular complexity index is 657. The van der Waals surface area contributed by atoms with Gasteiger partial charge in [0.2, 0.25) is 11.8 Å². The fraction of sp³-hybridized carbons (Fsp3) is 0.438. The van der Waals surface area contributed by atoms with Gasteiger partial charge >= 0.3 is 0 Å². The van der Waals surface area contributed by atoms with Gasteiger partial charge in [0, 0.05) is 38.7 Å². The first kappa shape index (κ1) is 15.9. The second-order valence-electron chi connectivity index (χ2n) is 5.45. The molecule has 0 saturated carbocycles. The summed E-state index contributed by atoms with van der Waals surface area (Å²) in [6.45, 7) is 5.78. The maximum atomic E-state index is 12.2. The van der Waals surface area contributed by atoms with Crippen molar-refractivity contribution in [3.63, 3.8) is 0 Å². The molecule has 0 aliphatic carbocycles. The molecular formula is C16H20N4O2S. The standard InChI is InChI=1S/C16H20N4O2S/c1-2-15-17-14(18-22-15)11-19-6-8-20(9-7-19)16(21)4-3-13-5-10-23-12-13/h3-5,10,12H,2,6-9,11H2,1H3/b4-3-. The average Bonchev–Trinajstić information content (AvgIpc) is 3.25. The van der Waals surface area contributed by atoms with E-state index < -0.39 is 0 Å². The molecule has 0 N–H and O–H groups in total. The second-order valence-corrected chi connectivity index (χ2v) is 6.23. The van der Waals surface area contributed by atoms with Crippen LogP contribution in [0.5, 0.6) is 0 Å². The van der Waals surface area contributed by atoms with Crippen LogP contribution in [0.15, 0.2) is 27.4 Å². The van der Waals surface area contributed by atoms with Gasteiger partial charge in [-0.3, -0.25) is 9.69 Å². The van der Waals surface area contributed by atoms with Crippen LogP contribution in [0.4, 0.5) is 0 Å². The first-order valence-electron chi connectivity index (χ1n) is 7.77. The zero-order chi connectivity index (χ0) is 16.1. The molecule has 7 heteroatoms. The highest BCUT2D eigenvalue weighted by atomic mass is 32.1. The van der Waals surface area contributed by atoms with E-state index >= 15 is 0 Å². The summed E-state index contributed by atoms with van der Waals surface area (Å²) >= 11 is 1.63. The molecule has 23 heavy (non-hydrogen) atoms. The first-order valence-corrected chi connectivity index (χ1v) is 8.72. The minimum Gasteiger partial charge on any atom is -0.339 e. The molecular weight excluding hydrogens is 312 g/mol. The second kappa shape index (κ2) is 7.52. The van der Waals surface area contributed by atoms with Crippen molar-refractivity contribution in [1.29, 1.82) is 0 Å². The number of piperazine rings is 1. The highest BCUT2D eigenvalue weighted by Crippen LogP contribution is 2.10. The quantitative estimate of drug-likeness (QED) is 0.784. The minimum absolute atomic E-state index is 0.0729. The van der Waals surface area contributed by atoms with Crippen LogP contribution in [-0.2, 0) is 17.8 Å². The average molecular weight is 332 g/mol. The predicted octanol–water partition coefficient (Wildman–Crippen LogP) is 2.05. The monoisotopic (exact) mass is 332 g/mol. The summed E-state index contributed by atoms with van der Waals surface area (Å²) in [4.78, 5) is 20.6. The Kier molecular flexibility index (Phi) is 5.19. The fourth-order valence-electron chi connectivity index (χ4n) is 2.47. The van der Waals surface area contributed by atoms with Crippen molar-refractivity contribution in [3.05, 3.63) is 40.2 Å². The Labute approximate surface area is 139 Å². The van der Waals surface area contributed by atoms with Gasteiger partial charge in [0.05, 0.1) is 6.54 Å². The number of carbonyl (C=O) groups is 1. The van der Waals surface area contributed by atoms with Gasteiger partial charge in [-0.15, -0.1) is 0 Å². The molecule has 1 amide bonds. The predicted molar refractivity (Wildman–Crippen MR) is 88.9 cm³/mol.